The fraction of sp³-hybridized carbons (Fsp3) is 0.684. The van der Waals surface area contributed by atoms with Gasteiger partial charge < -0.3 is 20.7 Å². The Hall–Kier alpha value is -1.26. The van der Waals surface area contributed by atoms with Gasteiger partial charge in [0.25, 0.3) is 0 Å². The van der Waals surface area contributed by atoms with Crippen LogP contribution in [-0.4, -0.2) is 38.4 Å². The molecule has 3 N–H and O–H groups in total. The van der Waals surface area contributed by atoms with E-state index < -0.39 is 0 Å². The minimum atomic E-state index is 0.470. The Morgan fingerprint density at radius 2 is 1.87 bits per heavy atom. The smallest absolute Gasteiger partial charge is 0.0579 e. The van der Waals surface area contributed by atoms with E-state index in [4.69, 9.17) is 10.5 Å². The summed E-state index contributed by atoms with van der Waals surface area (Å²) in [6, 6.07) is 7.99. The van der Waals surface area contributed by atoms with Crippen molar-refractivity contribution < 1.29 is 4.74 Å². The van der Waals surface area contributed by atoms with Gasteiger partial charge in [-0.05, 0) is 61.8 Å². The zero-order valence-electron chi connectivity index (χ0n) is 14.0. The molecule has 23 heavy (non-hydrogen) atoms. The Bertz CT molecular complexity index is 618. The SMILES string of the molecule is Cc1cc(N2CC3(COC3)C2)ccc1NC1CC2(CC(N)C2)C1. The fourth-order valence-electron chi connectivity index (χ4n) is 5.22. The highest BCUT2D eigenvalue weighted by Crippen LogP contribution is 2.56. The lowest BCUT2D eigenvalue weighted by atomic mass is 9.52. The molecule has 2 aliphatic carbocycles. The molecule has 2 saturated carbocycles. The van der Waals surface area contributed by atoms with Crippen LogP contribution >= 0.6 is 0 Å². The van der Waals surface area contributed by atoms with Crippen molar-refractivity contribution in [3.63, 3.8) is 0 Å². The maximum Gasteiger partial charge on any atom is 0.0579 e. The third kappa shape index (κ3) is 2.18. The Kier molecular flexibility index (Phi) is 2.85. The van der Waals surface area contributed by atoms with Gasteiger partial charge in [0.05, 0.1) is 18.6 Å². The van der Waals surface area contributed by atoms with E-state index in [-0.39, 0.29) is 0 Å². The van der Waals surface area contributed by atoms with Gasteiger partial charge in [-0.25, -0.2) is 0 Å². The third-order valence-electron chi connectivity index (χ3n) is 6.55. The van der Waals surface area contributed by atoms with Crippen molar-refractivity contribution in [1.82, 2.24) is 0 Å². The van der Waals surface area contributed by atoms with E-state index >= 15 is 0 Å². The quantitative estimate of drug-likeness (QED) is 0.900. The van der Waals surface area contributed by atoms with Crippen molar-refractivity contribution in [1.29, 1.82) is 0 Å². The van der Waals surface area contributed by atoms with Crippen LogP contribution in [0.4, 0.5) is 11.4 Å². The second-order valence-electron chi connectivity index (χ2n) is 8.77. The third-order valence-corrected chi connectivity index (χ3v) is 6.55. The molecule has 1 aromatic rings. The van der Waals surface area contributed by atoms with E-state index in [0.717, 1.165) is 26.3 Å². The van der Waals surface area contributed by atoms with Crippen LogP contribution in [0.1, 0.15) is 31.2 Å². The zero-order chi connectivity index (χ0) is 15.7. The first kappa shape index (κ1) is 14.1. The molecule has 2 saturated heterocycles. The lowest BCUT2D eigenvalue weighted by Crippen LogP contribution is -2.66. The number of rotatable bonds is 3. The number of hydrogen-bond acceptors (Lipinski definition) is 4. The van der Waals surface area contributed by atoms with Gasteiger partial charge in [0.2, 0.25) is 0 Å². The molecule has 124 valence electrons. The average Bonchev–Trinajstić information content (AvgIpc) is 2.33. The summed E-state index contributed by atoms with van der Waals surface area (Å²) in [5.41, 5.74) is 11.1. The highest BCUT2D eigenvalue weighted by molar-refractivity contribution is 5.62. The molecule has 1 aromatic carbocycles. The molecule has 2 spiro atoms. The topological polar surface area (TPSA) is 50.5 Å². The molecule has 4 fully saturated rings. The van der Waals surface area contributed by atoms with Crippen LogP contribution in [0.25, 0.3) is 0 Å². The summed E-state index contributed by atoms with van der Waals surface area (Å²) in [6.07, 6.45) is 5.08. The molecule has 2 aliphatic heterocycles. The lowest BCUT2D eigenvalue weighted by molar-refractivity contribution is -0.127. The predicted octanol–water partition coefficient (Wildman–Crippen LogP) is 2.51. The Morgan fingerprint density at radius 3 is 2.43 bits per heavy atom. The van der Waals surface area contributed by atoms with Gasteiger partial charge in [-0.1, -0.05) is 0 Å². The predicted molar refractivity (Wildman–Crippen MR) is 92.9 cm³/mol. The molecule has 0 unspecified atom stereocenters. The van der Waals surface area contributed by atoms with Crippen molar-refractivity contribution in [2.45, 2.75) is 44.7 Å². The zero-order valence-corrected chi connectivity index (χ0v) is 14.0. The molecule has 4 aliphatic rings. The Morgan fingerprint density at radius 1 is 1.13 bits per heavy atom. The largest absolute Gasteiger partial charge is 0.382 e. The molecular formula is C19H27N3O. The number of anilines is 2. The number of ether oxygens (including phenoxy) is 1. The van der Waals surface area contributed by atoms with Crippen molar-refractivity contribution in [3.05, 3.63) is 23.8 Å². The summed E-state index contributed by atoms with van der Waals surface area (Å²) >= 11 is 0. The van der Waals surface area contributed by atoms with Gasteiger partial charge in [0.15, 0.2) is 0 Å². The minimum Gasteiger partial charge on any atom is -0.382 e. The van der Waals surface area contributed by atoms with Crippen LogP contribution in [0.15, 0.2) is 18.2 Å². The summed E-state index contributed by atoms with van der Waals surface area (Å²) in [5, 5.41) is 3.75. The summed E-state index contributed by atoms with van der Waals surface area (Å²) in [6.45, 7) is 6.45. The Balaban J connectivity index is 1.19. The number of aryl methyl sites for hydroxylation is 1. The van der Waals surface area contributed by atoms with Crippen molar-refractivity contribution in [2.75, 3.05) is 36.5 Å². The first-order chi connectivity index (χ1) is 11.0. The minimum absolute atomic E-state index is 0.470. The van der Waals surface area contributed by atoms with E-state index in [1.54, 1.807) is 0 Å². The normalized spacial score (nSPS) is 36.9. The standard InChI is InChI=1S/C19H27N3O/c1-13-4-16(22-9-19(10-22)11-23-12-19)2-3-17(13)21-15-7-18(8-15)5-14(20)6-18/h2-4,14-15,21H,5-12,20H2,1H3. The van der Waals surface area contributed by atoms with E-state index in [1.807, 2.05) is 0 Å². The van der Waals surface area contributed by atoms with Crippen LogP contribution in [-0.2, 0) is 4.74 Å². The Labute approximate surface area is 138 Å². The molecule has 5 rings (SSSR count). The molecule has 0 atom stereocenters. The van der Waals surface area contributed by atoms with Gasteiger partial charge in [0.1, 0.15) is 0 Å². The molecule has 4 nitrogen and oxygen atoms in total. The van der Waals surface area contributed by atoms with Crippen LogP contribution in [0.5, 0.6) is 0 Å². The van der Waals surface area contributed by atoms with Gasteiger partial charge >= 0.3 is 0 Å². The van der Waals surface area contributed by atoms with E-state index in [1.165, 1.54) is 42.6 Å². The highest BCUT2D eigenvalue weighted by atomic mass is 16.5. The highest BCUT2D eigenvalue weighted by Gasteiger charge is 2.52. The molecule has 0 aromatic heterocycles. The van der Waals surface area contributed by atoms with Crippen molar-refractivity contribution in [3.8, 4) is 0 Å². The first-order valence-corrected chi connectivity index (χ1v) is 9.00. The second-order valence-corrected chi connectivity index (χ2v) is 8.77. The number of benzene rings is 1. The number of nitrogens with one attached hydrogen (secondary N) is 1. The monoisotopic (exact) mass is 313 g/mol. The lowest BCUT2D eigenvalue weighted by Gasteiger charge is -2.57. The van der Waals surface area contributed by atoms with Gasteiger partial charge in [-0.2, -0.15) is 0 Å². The van der Waals surface area contributed by atoms with E-state index in [0.29, 0.717) is 22.9 Å². The summed E-state index contributed by atoms with van der Waals surface area (Å²) in [4.78, 5) is 2.48. The van der Waals surface area contributed by atoms with Crippen LogP contribution < -0.4 is 16.0 Å². The van der Waals surface area contributed by atoms with Crippen molar-refractivity contribution >= 4 is 11.4 Å². The van der Waals surface area contributed by atoms with Gasteiger partial charge in [-0.3, -0.25) is 0 Å². The maximum absolute atomic E-state index is 5.95. The second kappa shape index (κ2) is 4.64. The average molecular weight is 313 g/mol. The van der Waals surface area contributed by atoms with E-state index in [2.05, 4.69) is 35.3 Å². The maximum atomic E-state index is 5.95. The summed E-state index contributed by atoms with van der Waals surface area (Å²) in [7, 11) is 0. The van der Waals surface area contributed by atoms with E-state index in [9.17, 15) is 0 Å². The number of hydrogen-bond donors (Lipinski definition) is 2. The molecule has 0 radical (unpaired) electrons. The molecular weight excluding hydrogens is 286 g/mol. The summed E-state index contributed by atoms with van der Waals surface area (Å²) < 4.78 is 5.36. The molecule has 4 heteroatoms. The molecule has 0 amide bonds. The van der Waals surface area contributed by atoms with Gasteiger partial charge in [0, 0.05) is 36.5 Å². The molecule has 2 heterocycles. The summed E-state index contributed by atoms with van der Waals surface area (Å²) in [5.74, 6) is 0. The van der Waals surface area contributed by atoms with Crippen LogP contribution in [0, 0.1) is 17.8 Å². The van der Waals surface area contributed by atoms with Crippen LogP contribution in [0.3, 0.4) is 0 Å². The van der Waals surface area contributed by atoms with Crippen LogP contribution in [0.2, 0.25) is 0 Å². The van der Waals surface area contributed by atoms with Crippen molar-refractivity contribution in [2.24, 2.45) is 16.6 Å². The fourth-order valence-corrected chi connectivity index (χ4v) is 5.22. The number of nitrogens with two attached hydrogens (primary N) is 1. The van der Waals surface area contributed by atoms with Gasteiger partial charge in [-0.15, -0.1) is 0 Å². The first-order valence-electron chi connectivity index (χ1n) is 9.00. The molecule has 0 bridgehead atoms. The number of nitrogens with zero attached hydrogens (tertiary/aromatic N) is 1.